The van der Waals surface area contributed by atoms with Gasteiger partial charge in [0, 0.05) is 49.5 Å². The molecule has 0 aliphatic rings. The number of rotatable bonds is 7. The lowest BCUT2D eigenvalue weighted by Crippen LogP contribution is -2.26. The summed E-state index contributed by atoms with van der Waals surface area (Å²) < 4.78 is 29.3. The maximum Gasteiger partial charge on any atom is 0.240 e. The molecule has 0 saturated carbocycles. The smallest absolute Gasteiger partial charge is 0.240 e. The van der Waals surface area contributed by atoms with Crippen molar-refractivity contribution >= 4 is 21.6 Å². The molecule has 8 heteroatoms. The summed E-state index contributed by atoms with van der Waals surface area (Å²) in [7, 11) is -1.81. The molecule has 3 aromatic rings. The van der Waals surface area contributed by atoms with Gasteiger partial charge in [-0.15, -0.1) is 0 Å². The van der Waals surface area contributed by atoms with Crippen LogP contribution >= 0.6 is 11.6 Å². The highest BCUT2D eigenvalue weighted by molar-refractivity contribution is 7.89. The van der Waals surface area contributed by atoms with Crippen molar-refractivity contribution in [3.8, 4) is 6.07 Å². The van der Waals surface area contributed by atoms with Gasteiger partial charge >= 0.3 is 0 Å². The van der Waals surface area contributed by atoms with Gasteiger partial charge < -0.3 is 4.57 Å². The van der Waals surface area contributed by atoms with E-state index < -0.39 is 10.0 Å². The predicted octanol–water partition coefficient (Wildman–Crippen LogP) is 3.06. The van der Waals surface area contributed by atoms with E-state index >= 15 is 0 Å². The lowest BCUT2D eigenvalue weighted by molar-refractivity contribution is 0.580. The van der Waals surface area contributed by atoms with Crippen LogP contribution < -0.4 is 4.72 Å². The third-order valence-corrected chi connectivity index (χ3v) is 6.19. The molecule has 2 aromatic heterocycles. The number of hydrogen-bond acceptors (Lipinski definition) is 4. The van der Waals surface area contributed by atoms with Crippen LogP contribution in [0.2, 0.25) is 5.02 Å². The molecule has 0 spiro atoms. The lowest BCUT2D eigenvalue weighted by atomic mass is 10.1. The Kier molecular flexibility index (Phi) is 6.15. The lowest BCUT2D eigenvalue weighted by Gasteiger charge is -2.10. The van der Waals surface area contributed by atoms with Crippen LogP contribution in [0.15, 0.2) is 59.8 Å². The Morgan fingerprint density at radius 3 is 2.64 bits per heavy atom. The van der Waals surface area contributed by atoms with Gasteiger partial charge in [-0.1, -0.05) is 17.7 Å². The average molecular weight is 415 g/mol. The first-order chi connectivity index (χ1) is 13.4. The number of aromatic nitrogens is 2. The number of sulfonamides is 1. The van der Waals surface area contributed by atoms with Crippen molar-refractivity contribution < 1.29 is 8.42 Å². The molecular formula is C20H19ClN4O2S. The molecule has 144 valence electrons. The van der Waals surface area contributed by atoms with Gasteiger partial charge in [-0.3, -0.25) is 4.98 Å². The van der Waals surface area contributed by atoms with E-state index in [9.17, 15) is 13.7 Å². The van der Waals surface area contributed by atoms with Crippen molar-refractivity contribution in [3.05, 3.63) is 82.4 Å². The SMILES string of the molecule is Cn1c(C#N)cc(Cc2cccnc2)c1CCNS(=O)(=O)c1ccc(Cl)cc1. The summed E-state index contributed by atoms with van der Waals surface area (Å²) >= 11 is 5.81. The molecule has 28 heavy (non-hydrogen) atoms. The van der Waals surface area contributed by atoms with E-state index in [0.29, 0.717) is 23.6 Å². The molecule has 0 fully saturated rings. The Morgan fingerprint density at radius 2 is 2.00 bits per heavy atom. The maximum atomic E-state index is 12.4. The van der Waals surface area contributed by atoms with Crippen LogP contribution in [-0.4, -0.2) is 24.5 Å². The van der Waals surface area contributed by atoms with Gasteiger partial charge in [0.2, 0.25) is 10.0 Å². The molecular weight excluding hydrogens is 396 g/mol. The summed E-state index contributed by atoms with van der Waals surface area (Å²) in [6.07, 6.45) is 4.58. The van der Waals surface area contributed by atoms with Crippen LogP contribution in [0.1, 0.15) is 22.5 Å². The second-order valence-corrected chi connectivity index (χ2v) is 8.52. The van der Waals surface area contributed by atoms with Gasteiger partial charge in [0.1, 0.15) is 11.8 Å². The Morgan fingerprint density at radius 1 is 1.25 bits per heavy atom. The van der Waals surface area contributed by atoms with E-state index in [1.807, 2.05) is 29.8 Å². The molecule has 0 atom stereocenters. The number of halogens is 1. The third-order valence-electron chi connectivity index (χ3n) is 4.46. The number of pyridine rings is 1. The van der Waals surface area contributed by atoms with Crippen LogP contribution in [0.3, 0.4) is 0 Å². The minimum absolute atomic E-state index is 0.164. The number of nitriles is 1. The summed E-state index contributed by atoms with van der Waals surface area (Å²) in [4.78, 5) is 4.29. The quantitative estimate of drug-likeness (QED) is 0.643. The molecule has 3 rings (SSSR count). The number of hydrogen-bond donors (Lipinski definition) is 1. The number of benzene rings is 1. The first kappa shape index (κ1) is 20.1. The molecule has 6 nitrogen and oxygen atoms in total. The van der Waals surface area contributed by atoms with Crippen LogP contribution in [0.4, 0.5) is 0 Å². The first-order valence-corrected chi connectivity index (χ1v) is 10.5. The molecule has 0 aliphatic heterocycles. The van der Waals surface area contributed by atoms with Gasteiger partial charge in [-0.05, 0) is 47.5 Å². The van der Waals surface area contributed by atoms with Crippen molar-refractivity contribution in [2.75, 3.05) is 6.54 Å². The summed E-state index contributed by atoms with van der Waals surface area (Å²) in [5.41, 5.74) is 3.46. The Bertz CT molecular complexity index is 1100. The second-order valence-electron chi connectivity index (χ2n) is 6.31. The normalized spacial score (nSPS) is 11.3. The molecule has 1 N–H and O–H groups in total. The fourth-order valence-electron chi connectivity index (χ4n) is 3.02. The zero-order valence-electron chi connectivity index (χ0n) is 15.3. The monoisotopic (exact) mass is 414 g/mol. The Balaban J connectivity index is 1.75. The molecule has 0 bridgehead atoms. The molecule has 2 heterocycles. The summed E-state index contributed by atoms with van der Waals surface area (Å²) in [5.74, 6) is 0. The fraction of sp³-hybridized carbons (Fsp3) is 0.200. The van der Waals surface area contributed by atoms with E-state index in [1.165, 1.54) is 12.1 Å². The van der Waals surface area contributed by atoms with Gasteiger partial charge in [0.15, 0.2) is 0 Å². The molecule has 0 aliphatic carbocycles. The largest absolute Gasteiger partial charge is 0.339 e. The van der Waals surface area contributed by atoms with E-state index in [-0.39, 0.29) is 11.4 Å². The van der Waals surface area contributed by atoms with Gasteiger partial charge in [-0.2, -0.15) is 5.26 Å². The zero-order valence-corrected chi connectivity index (χ0v) is 16.8. The van der Waals surface area contributed by atoms with Crippen LogP contribution in [-0.2, 0) is 29.9 Å². The first-order valence-electron chi connectivity index (χ1n) is 8.62. The van der Waals surface area contributed by atoms with Crippen molar-refractivity contribution in [1.29, 1.82) is 5.26 Å². The Hall–Kier alpha value is -2.66. The van der Waals surface area contributed by atoms with Gasteiger partial charge in [0.05, 0.1) is 4.90 Å². The zero-order chi connectivity index (χ0) is 20.1. The minimum atomic E-state index is -3.62. The third kappa shape index (κ3) is 4.60. The van der Waals surface area contributed by atoms with E-state index in [1.54, 1.807) is 24.5 Å². The fourth-order valence-corrected chi connectivity index (χ4v) is 4.18. The predicted molar refractivity (Wildman–Crippen MR) is 108 cm³/mol. The molecule has 1 aromatic carbocycles. The van der Waals surface area contributed by atoms with Crippen LogP contribution in [0.5, 0.6) is 0 Å². The maximum absolute atomic E-state index is 12.4. The second kappa shape index (κ2) is 8.57. The van der Waals surface area contributed by atoms with E-state index in [0.717, 1.165) is 16.8 Å². The van der Waals surface area contributed by atoms with Gasteiger partial charge in [-0.25, -0.2) is 13.1 Å². The van der Waals surface area contributed by atoms with E-state index in [2.05, 4.69) is 15.8 Å². The molecule has 0 saturated heterocycles. The Labute approximate surface area is 169 Å². The van der Waals surface area contributed by atoms with Crippen molar-refractivity contribution in [1.82, 2.24) is 14.3 Å². The topological polar surface area (TPSA) is 87.8 Å². The highest BCUT2D eigenvalue weighted by Crippen LogP contribution is 2.19. The van der Waals surface area contributed by atoms with Crippen LogP contribution in [0.25, 0.3) is 0 Å². The van der Waals surface area contributed by atoms with E-state index in [4.69, 9.17) is 11.6 Å². The number of nitrogens with one attached hydrogen (secondary N) is 1. The van der Waals surface area contributed by atoms with Gasteiger partial charge in [0.25, 0.3) is 0 Å². The van der Waals surface area contributed by atoms with Crippen molar-refractivity contribution in [2.45, 2.75) is 17.7 Å². The number of nitrogens with zero attached hydrogens (tertiary/aromatic N) is 3. The highest BCUT2D eigenvalue weighted by atomic mass is 35.5. The molecule has 0 radical (unpaired) electrons. The van der Waals surface area contributed by atoms with Crippen molar-refractivity contribution in [3.63, 3.8) is 0 Å². The molecule has 0 unspecified atom stereocenters. The minimum Gasteiger partial charge on any atom is -0.339 e. The van der Waals surface area contributed by atoms with Crippen LogP contribution in [0, 0.1) is 11.3 Å². The summed E-state index contributed by atoms with van der Waals surface area (Å²) in [6, 6.07) is 13.9. The summed E-state index contributed by atoms with van der Waals surface area (Å²) in [5, 5.41) is 9.82. The van der Waals surface area contributed by atoms with Crippen molar-refractivity contribution in [2.24, 2.45) is 7.05 Å². The average Bonchev–Trinajstić information content (AvgIpc) is 2.98. The highest BCUT2D eigenvalue weighted by Gasteiger charge is 2.16. The summed E-state index contributed by atoms with van der Waals surface area (Å²) in [6.45, 7) is 0.216. The molecule has 0 amide bonds. The standard InChI is InChI=1S/C20H19ClN4O2S/c1-25-18(13-22)12-16(11-15-3-2-9-23-14-15)20(25)8-10-24-28(26,27)19-6-4-17(21)5-7-19/h2-7,9,12,14,24H,8,10-11H2,1H3.